The zero-order valence-electron chi connectivity index (χ0n) is 12.2. The van der Waals surface area contributed by atoms with Crippen LogP contribution in [0.25, 0.3) is 0 Å². The highest BCUT2D eigenvalue weighted by molar-refractivity contribution is 7.07. The van der Waals surface area contributed by atoms with Gasteiger partial charge in [0.2, 0.25) is 0 Å². The summed E-state index contributed by atoms with van der Waals surface area (Å²) < 4.78 is 0. The van der Waals surface area contributed by atoms with Crippen LogP contribution in [0.4, 0.5) is 0 Å². The molecule has 0 amide bonds. The Balaban J connectivity index is 2.00. The van der Waals surface area contributed by atoms with Gasteiger partial charge in [-0.1, -0.05) is 23.8 Å². The van der Waals surface area contributed by atoms with Crippen molar-refractivity contribution in [3.8, 4) is 0 Å². The largest absolute Gasteiger partial charge is 0.307 e. The first-order valence-corrected chi connectivity index (χ1v) is 7.85. The topological polar surface area (TPSA) is 12.0 Å². The zero-order valence-corrected chi connectivity index (χ0v) is 13.1. The Morgan fingerprint density at radius 1 is 1.16 bits per heavy atom. The lowest BCUT2D eigenvalue weighted by Crippen LogP contribution is -2.31. The van der Waals surface area contributed by atoms with E-state index in [1.54, 1.807) is 11.3 Å². The third-order valence-electron chi connectivity index (χ3n) is 3.56. The van der Waals surface area contributed by atoms with E-state index in [0.29, 0.717) is 12.1 Å². The molecule has 0 saturated heterocycles. The van der Waals surface area contributed by atoms with Crippen molar-refractivity contribution < 1.29 is 0 Å². The maximum atomic E-state index is 3.71. The van der Waals surface area contributed by atoms with Crippen molar-refractivity contribution in [3.05, 3.63) is 57.3 Å². The van der Waals surface area contributed by atoms with Gasteiger partial charge in [-0.15, -0.1) is 0 Å². The highest BCUT2D eigenvalue weighted by Crippen LogP contribution is 2.20. The van der Waals surface area contributed by atoms with Crippen molar-refractivity contribution in [2.45, 2.75) is 46.2 Å². The van der Waals surface area contributed by atoms with Crippen molar-refractivity contribution in [3.63, 3.8) is 0 Å². The Bertz CT molecular complexity index is 516. The molecule has 0 fully saturated rings. The first-order chi connectivity index (χ1) is 9.06. The van der Waals surface area contributed by atoms with Crippen LogP contribution < -0.4 is 5.32 Å². The predicted molar refractivity (Wildman–Crippen MR) is 85.0 cm³/mol. The summed E-state index contributed by atoms with van der Waals surface area (Å²) in [5.41, 5.74) is 5.54. The smallest absolute Gasteiger partial charge is 0.0297 e. The van der Waals surface area contributed by atoms with Gasteiger partial charge in [0.05, 0.1) is 0 Å². The molecular weight excluding hydrogens is 250 g/mol. The Labute approximate surface area is 120 Å². The van der Waals surface area contributed by atoms with Crippen molar-refractivity contribution in [2.24, 2.45) is 0 Å². The molecule has 1 heterocycles. The number of nitrogens with one attached hydrogen (secondary N) is 1. The summed E-state index contributed by atoms with van der Waals surface area (Å²) in [7, 11) is 0. The summed E-state index contributed by atoms with van der Waals surface area (Å²) >= 11 is 1.77. The second kappa shape index (κ2) is 6.36. The summed E-state index contributed by atoms with van der Waals surface area (Å²) in [5, 5.41) is 8.09. The minimum atomic E-state index is 0.397. The fourth-order valence-electron chi connectivity index (χ4n) is 2.56. The zero-order chi connectivity index (χ0) is 13.8. The van der Waals surface area contributed by atoms with Gasteiger partial charge in [0.15, 0.2) is 0 Å². The van der Waals surface area contributed by atoms with Gasteiger partial charge in [-0.05, 0) is 67.6 Å². The molecular formula is C17H23NS. The minimum absolute atomic E-state index is 0.397. The van der Waals surface area contributed by atoms with E-state index < -0.39 is 0 Å². The monoisotopic (exact) mass is 273 g/mol. The molecule has 1 nitrogen and oxygen atoms in total. The third kappa shape index (κ3) is 3.92. The second-order valence-electron chi connectivity index (χ2n) is 5.49. The second-order valence-corrected chi connectivity index (χ2v) is 6.27. The van der Waals surface area contributed by atoms with Crippen LogP contribution in [0.1, 0.15) is 42.1 Å². The first-order valence-electron chi connectivity index (χ1n) is 6.90. The molecule has 2 aromatic rings. The summed E-state index contributed by atoms with van der Waals surface area (Å²) in [6.45, 7) is 8.87. The molecule has 102 valence electrons. The summed E-state index contributed by atoms with van der Waals surface area (Å²) in [6.07, 6.45) is 1.10. The average Bonchev–Trinajstić information content (AvgIpc) is 2.84. The maximum Gasteiger partial charge on any atom is 0.0297 e. The number of hydrogen-bond donors (Lipinski definition) is 1. The maximum absolute atomic E-state index is 3.71. The summed E-state index contributed by atoms with van der Waals surface area (Å²) in [4.78, 5) is 0. The Morgan fingerprint density at radius 3 is 2.63 bits per heavy atom. The Hall–Kier alpha value is -1.12. The lowest BCUT2D eigenvalue weighted by molar-refractivity contribution is 0.476. The number of hydrogen-bond acceptors (Lipinski definition) is 2. The van der Waals surface area contributed by atoms with E-state index in [4.69, 9.17) is 0 Å². The van der Waals surface area contributed by atoms with Crippen LogP contribution in [0.2, 0.25) is 0 Å². The lowest BCUT2D eigenvalue weighted by atomic mass is 9.99. The van der Waals surface area contributed by atoms with E-state index >= 15 is 0 Å². The van der Waals surface area contributed by atoms with E-state index in [-0.39, 0.29) is 0 Å². The predicted octanol–water partition coefficient (Wildman–Crippen LogP) is 4.65. The highest BCUT2D eigenvalue weighted by Gasteiger charge is 2.12. The van der Waals surface area contributed by atoms with Gasteiger partial charge < -0.3 is 5.32 Å². The van der Waals surface area contributed by atoms with Gasteiger partial charge in [0.25, 0.3) is 0 Å². The normalized spacial score (nSPS) is 14.3. The molecule has 2 unspecified atom stereocenters. The van der Waals surface area contributed by atoms with E-state index in [1.807, 2.05) is 0 Å². The molecule has 2 heteroatoms. The van der Waals surface area contributed by atoms with Crippen LogP contribution in [0.5, 0.6) is 0 Å². The average molecular weight is 273 g/mol. The van der Waals surface area contributed by atoms with E-state index in [9.17, 15) is 0 Å². The third-order valence-corrected chi connectivity index (χ3v) is 4.29. The standard InChI is InChI=1S/C17H23NS/c1-12-5-6-13(2)17(9-12)15(4)18-14(3)10-16-7-8-19-11-16/h5-9,11,14-15,18H,10H2,1-4H3. The fraction of sp³-hybridized carbons (Fsp3) is 0.412. The Kier molecular flexibility index (Phi) is 4.78. The highest BCUT2D eigenvalue weighted by atomic mass is 32.1. The van der Waals surface area contributed by atoms with E-state index in [0.717, 1.165) is 6.42 Å². The lowest BCUT2D eigenvalue weighted by Gasteiger charge is -2.22. The van der Waals surface area contributed by atoms with E-state index in [2.05, 4.69) is 68.0 Å². The molecule has 2 rings (SSSR count). The van der Waals surface area contributed by atoms with Crippen LogP contribution >= 0.6 is 11.3 Å². The molecule has 0 aliphatic heterocycles. The molecule has 1 aromatic carbocycles. The van der Waals surface area contributed by atoms with E-state index in [1.165, 1.54) is 22.3 Å². The van der Waals surface area contributed by atoms with Crippen LogP contribution in [0.3, 0.4) is 0 Å². The van der Waals surface area contributed by atoms with Crippen molar-refractivity contribution in [1.82, 2.24) is 5.32 Å². The summed E-state index contributed by atoms with van der Waals surface area (Å²) in [6, 6.07) is 9.79. The van der Waals surface area contributed by atoms with Gasteiger partial charge in [-0.3, -0.25) is 0 Å². The molecule has 0 aliphatic carbocycles. The first kappa shape index (κ1) is 14.3. The van der Waals surface area contributed by atoms with Crippen LogP contribution in [0, 0.1) is 13.8 Å². The van der Waals surface area contributed by atoms with Gasteiger partial charge in [-0.25, -0.2) is 0 Å². The minimum Gasteiger partial charge on any atom is -0.307 e. The van der Waals surface area contributed by atoms with Gasteiger partial charge in [-0.2, -0.15) is 11.3 Å². The number of rotatable bonds is 5. The van der Waals surface area contributed by atoms with Crippen molar-refractivity contribution in [2.75, 3.05) is 0 Å². The quantitative estimate of drug-likeness (QED) is 0.836. The number of thiophene rings is 1. The van der Waals surface area contributed by atoms with Crippen LogP contribution in [-0.2, 0) is 6.42 Å². The SMILES string of the molecule is Cc1ccc(C)c(C(C)NC(C)Cc2ccsc2)c1. The number of benzene rings is 1. The molecule has 1 aromatic heterocycles. The molecule has 0 aliphatic rings. The molecule has 0 bridgehead atoms. The van der Waals surface area contributed by atoms with Gasteiger partial charge in [0.1, 0.15) is 0 Å². The molecule has 0 radical (unpaired) electrons. The van der Waals surface area contributed by atoms with Crippen molar-refractivity contribution >= 4 is 11.3 Å². The Morgan fingerprint density at radius 2 is 1.95 bits per heavy atom. The molecule has 0 spiro atoms. The molecule has 1 N–H and O–H groups in total. The van der Waals surface area contributed by atoms with Crippen LogP contribution in [0.15, 0.2) is 35.0 Å². The van der Waals surface area contributed by atoms with Gasteiger partial charge in [0, 0.05) is 12.1 Å². The van der Waals surface area contributed by atoms with Crippen molar-refractivity contribution in [1.29, 1.82) is 0 Å². The fourth-order valence-corrected chi connectivity index (χ4v) is 3.25. The molecule has 2 atom stereocenters. The van der Waals surface area contributed by atoms with Gasteiger partial charge >= 0.3 is 0 Å². The molecule has 19 heavy (non-hydrogen) atoms. The molecule has 0 saturated carbocycles. The number of aryl methyl sites for hydroxylation is 2. The van der Waals surface area contributed by atoms with Crippen LogP contribution in [-0.4, -0.2) is 6.04 Å². The summed E-state index contributed by atoms with van der Waals surface area (Å²) in [5.74, 6) is 0.